The Hall–Kier alpha value is -2.04. The maximum atomic E-state index is 13.0. The van der Waals surface area contributed by atoms with Crippen LogP contribution in [0.25, 0.3) is 16.6 Å². The largest absolute Gasteiger partial charge is 0.268 e. The third kappa shape index (κ3) is 3.55. The van der Waals surface area contributed by atoms with Gasteiger partial charge >= 0.3 is 0 Å². The predicted octanol–water partition coefficient (Wildman–Crippen LogP) is 4.93. The van der Waals surface area contributed by atoms with Gasteiger partial charge in [0.05, 0.1) is 16.6 Å². The molecule has 24 heavy (non-hydrogen) atoms. The molecule has 3 aromatic rings. The number of halogens is 1. The summed E-state index contributed by atoms with van der Waals surface area (Å²) in [6.07, 6.45) is 1.91. The Kier molecular flexibility index (Phi) is 5.07. The van der Waals surface area contributed by atoms with Crippen LogP contribution in [0.1, 0.15) is 12.5 Å². The van der Waals surface area contributed by atoms with Crippen molar-refractivity contribution in [1.29, 1.82) is 0 Å². The van der Waals surface area contributed by atoms with Crippen molar-refractivity contribution in [2.45, 2.75) is 19.0 Å². The first-order valence-corrected chi connectivity index (χ1v) is 8.96. The van der Waals surface area contributed by atoms with Gasteiger partial charge in [0.25, 0.3) is 5.56 Å². The first-order chi connectivity index (χ1) is 11.6. The zero-order valence-electron chi connectivity index (χ0n) is 13.5. The lowest BCUT2D eigenvalue weighted by Crippen LogP contribution is -2.21. The van der Waals surface area contributed by atoms with Crippen molar-refractivity contribution in [3.05, 3.63) is 75.6 Å². The standard InChI is InChI=1S/C19H17ClN2OS/c1-13-7-9-15(10-8-13)22-18(23)16-5-3-4-6-17(16)21-19(22)24-12-11-14(2)20/h3-11H,12H2,1-2H3/b14-11+. The maximum absolute atomic E-state index is 13.0. The maximum Gasteiger partial charge on any atom is 0.266 e. The van der Waals surface area contributed by atoms with Crippen LogP contribution in [-0.2, 0) is 0 Å². The quantitative estimate of drug-likeness (QED) is 0.491. The molecular weight excluding hydrogens is 340 g/mol. The van der Waals surface area contributed by atoms with Crippen molar-refractivity contribution in [1.82, 2.24) is 9.55 Å². The summed E-state index contributed by atoms with van der Waals surface area (Å²) < 4.78 is 1.67. The molecule has 0 saturated carbocycles. The number of hydrogen-bond acceptors (Lipinski definition) is 3. The zero-order chi connectivity index (χ0) is 17.1. The summed E-state index contributed by atoms with van der Waals surface area (Å²) in [5.41, 5.74) is 2.62. The first kappa shape index (κ1) is 16.8. The molecule has 3 rings (SSSR count). The van der Waals surface area contributed by atoms with Gasteiger partial charge in [-0.05, 0) is 38.1 Å². The van der Waals surface area contributed by atoms with E-state index in [0.29, 0.717) is 21.8 Å². The smallest absolute Gasteiger partial charge is 0.266 e. The van der Waals surface area contributed by atoms with Crippen LogP contribution in [0.15, 0.2) is 69.6 Å². The van der Waals surface area contributed by atoms with E-state index in [9.17, 15) is 4.79 Å². The Morgan fingerprint density at radius 2 is 1.92 bits per heavy atom. The van der Waals surface area contributed by atoms with E-state index < -0.39 is 0 Å². The third-order valence-corrected chi connectivity index (χ3v) is 4.63. The van der Waals surface area contributed by atoms with Crippen molar-refractivity contribution in [3.63, 3.8) is 0 Å². The minimum absolute atomic E-state index is 0.0569. The lowest BCUT2D eigenvalue weighted by Gasteiger charge is -2.13. The fourth-order valence-corrected chi connectivity index (χ4v) is 3.49. The molecule has 0 saturated heterocycles. The van der Waals surface area contributed by atoms with Crippen LogP contribution in [-0.4, -0.2) is 15.3 Å². The number of rotatable bonds is 4. The fraction of sp³-hybridized carbons (Fsp3) is 0.158. The van der Waals surface area contributed by atoms with Crippen LogP contribution in [0.2, 0.25) is 0 Å². The molecule has 1 aromatic heterocycles. The SMILES string of the molecule is C/C(Cl)=C\CSc1nc2ccccc2c(=O)n1-c1ccc(C)cc1. The second-order valence-corrected chi connectivity index (χ2v) is 7.07. The minimum atomic E-state index is -0.0569. The summed E-state index contributed by atoms with van der Waals surface area (Å²) in [5, 5.41) is 2.01. The van der Waals surface area contributed by atoms with Crippen LogP contribution < -0.4 is 5.56 Å². The van der Waals surface area contributed by atoms with Crippen LogP contribution in [0, 0.1) is 6.92 Å². The Bertz CT molecular complexity index is 957. The summed E-state index contributed by atoms with van der Waals surface area (Å²) >= 11 is 7.40. The first-order valence-electron chi connectivity index (χ1n) is 7.60. The summed E-state index contributed by atoms with van der Waals surface area (Å²) in [5.74, 6) is 0.659. The minimum Gasteiger partial charge on any atom is -0.268 e. The molecule has 0 N–H and O–H groups in total. The van der Waals surface area contributed by atoms with Crippen LogP contribution in [0.3, 0.4) is 0 Å². The van der Waals surface area contributed by atoms with Gasteiger partial charge < -0.3 is 0 Å². The molecule has 0 aliphatic carbocycles. The van der Waals surface area contributed by atoms with Gasteiger partial charge in [-0.3, -0.25) is 9.36 Å². The number of aromatic nitrogens is 2. The highest BCUT2D eigenvalue weighted by molar-refractivity contribution is 7.99. The van der Waals surface area contributed by atoms with Gasteiger partial charge in [-0.1, -0.05) is 59.3 Å². The fourth-order valence-electron chi connectivity index (χ4n) is 2.36. The lowest BCUT2D eigenvalue weighted by atomic mass is 10.2. The van der Waals surface area contributed by atoms with Crippen LogP contribution >= 0.6 is 23.4 Å². The molecule has 0 unspecified atom stereocenters. The molecule has 0 aliphatic heterocycles. The zero-order valence-corrected chi connectivity index (χ0v) is 15.1. The van der Waals surface area contributed by atoms with E-state index in [1.54, 1.807) is 4.57 Å². The molecule has 3 nitrogen and oxygen atoms in total. The van der Waals surface area contributed by atoms with E-state index in [2.05, 4.69) is 4.98 Å². The topological polar surface area (TPSA) is 34.9 Å². The number of para-hydroxylation sites is 1. The number of benzene rings is 2. The number of thioether (sulfide) groups is 1. The van der Waals surface area contributed by atoms with Gasteiger partial charge in [-0.25, -0.2) is 4.98 Å². The van der Waals surface area contributed by atoms with E-state index >= 15 is 0 Å². The molecule has 0 radical (unpaired) electrons. The Morgan fingerprint density at radius 3 is 2.62 bits per heavy atom. The molecule has 0 bridgehead atoms. The number of allylic oxidation sites excluding steroid dienone is 1. The molecule has 0 spiro atoms. The van der Waals surface area contributed by atoms with E-state index in [-0.39, 0.29) is 5.56 Å². The molecule has 2 aromatic carbocycles. The van der Waals surface area contributed by atoms with Gasteiger partial charge in [-0.2, -0.15) is 0 Å². The second-order valence-electron chi connectivity index (χ2n) is 5.49. The number of fused-ring (bicyclic) bond motifs is 1. The van der Waals surface area contributed by atoms with Crippen molar-refractivity contribution < 1.29 is 0 Å². The van der Waals surface area contributed by atoms with E-state index in [1.165, 1.54) is 11.8 Å². The highest BCUT2D eigenvalue weighted by Gasteiger charge is 2.12. The third-order valence-electron chi connectivity index (χ3n) is 3.61. The van der Waals surface area contributed by atoms with Crippen LogP contribution in [0.4, 0.5) is 0 Å². The lowest BCUT2D eigenvalue weighted by molar-refractivity contribution is 0.820. The highest BCUT2D eigenvalue weighted by Crippen LogP contribution is 2.22. The molecule has 0 aliphatic rings. The molecular formula is C19H17ClN2OS. The second kappa shape index (κ2) is 7.24. The summed E-state index contributed by atoms with van der Waals surface area (Å²) in [6.45, 7) is 3.86. The van der Waals surface area contributed by atoms with Crippen molar-refractivity contribution >= 4 is 34.3 Å². The molecule has 5 heteroatoms. The highest BCUT2D eigenvalue weighted by atomic mass is 35.5. The van der Waals surface area contributed by atoms with Crippen molar-refractivity contribution in [2.24, 2.45) is 0 Å². The normalized spacial score (nSPS) is 11.9. The number of aryl methyl sites for hydroxylation is 1. The van der Waals surface area contributed by atoms with Gasteiger partial charge in [-0.15, -0.1) is 0 Å². The number of hydrogen-bond donors (Lipinski definition) is 0. The number of nitrogens with zero attached hydrogens (tertiary/aromatic N) is 2. The van der Waals surface area contributed by atoms with Crippen LogP contribution in [0.5, 0.6) is 0 Å². The molecule has 0 atom stereocenters. The van der Waals surface area contributed by atoms with Crippen molar-refractivity contribution in [3.8, 4) is 5.69 Å². The summed E-state index contributed by atoms with van der Waals surface area (Å²) in [7, 11) is 0. The van der Waals surface area contributed by atoms with Crippen molar-refractivity contribution in [2.75, 3.05) is 5.75 Å². The van der Waals surface area contributed by atoms with Gasteiger partial charge in [0.2, 0.25) is 0 Å². The Balaban J connectivity index is 2.19. The van der Waals surface area contributed by atoms with E-state index in [4.69, 9.17) is 11.6 Å². The monoisotopic (exact) mass is 356 g/mol. The van der Waals surface area contributed by atoms with E-state index in [1.807, 2.05) is 68.5 Å². The molecule has 0 fully saturated rings. The molecule has 0 amide bonds. The van der Waals surface area contributed by atoms with Gasteiger partial charge in [0.1, 0.15) is 0 Å². The van der Waals surface area contributed by atoms with Gasteiger partial charge in [0, 0.05) is 10.8 Å². The average Bonchev–Trinajstić information content (AvgIpc) is 2.56. The van der Waals surface area contributed by atoms with Gasteiger partial charge in [0.15, 0.2) is 5.16 Å². The average molecular weight is 357 g/mol. The predicted molar refractivity (Wildman–Crippen MR) is 102 cm³/mol. The Morgan fingerprint density at radius 1 is 1.21 bits per heavy atom. The molecule has 1 heterocycles. The Labute approximate surface area is 150 Å². The van der Waals surface area contributed by atoms with E-state index in [0.717, 1.165) is 16.3 Å². The molecule has 122 valence electrons. The summed E-state index contributed by atoms with van der Waals surface area (Å²) in [4.78, 5) is 17.7. The summed E-state index contributed by atoms with van der Waals surface area (Å²) in [6, 6.07) is 15.3.